The highest BCUT2D eigenvalue weighted by atomic mass is 35.5. The molecule has 0 saturated heterocycles. The van der Waals surface area contributed by atoms with Gasteiger partial charge in [-0.25, -0.2) is 4.79 Å². The predicted octanol–water partition coefficient (Wildman–Crippen LogP) is 2.77. The van der Waals surface area contributed by atoms with Gasteiger partial charge in [0.25, 0.3) is 11.5 Å². The highest BCUT2D eigenvalue weighted by Crippen LogP contribution is 2.34. The molecule has 226 valence electrons. The maximum absolute atomic E-state index is 13.1. The number of fused-ring (bicyclic) bond motifs is 1. The van der Waals surface area contributed by atoms with Crippen LogP contribution in [0.1, 0.15) is 11.3 Å². The van der Waals surface area contributed by atoms with Crippen LogP contribution in [0.5, 0.6) is 5.75 Å². The number of aryl methyl sites for hydroxylation is 2. The van der Waals surface area contributed by atoms with E-state index in [0.717, 1.165) is 26.5 Å². The Morgan fingerprint density at radius 1 is 1.19 bits per heavy atom. The molecule has 4 aromatic rings. The van der Waals surface area contributed by atoms with Gasteiger partial charge in [-0.05, 0) is 25.1 Å². The lowest BCUT2D eigenvalue weighted by Gasteiger charge is -2.13. The van der Waals surface area contributed by atoms with E-state index in [1.807, 2.05) is 0 Å². The molecule has 0 aliphatic carbocycles. The molecule has 42 heavy (non-hydrogen) atoms. The van der Waals surface area contributed by atoms with Crippen molar-refractivity contribution in [3.05, 3.63) is 65.6 Å². The van der Waals surface area contributed by atoms with E-state index in [4.69, 9.17) is 26.5 Å². The molecule has 0 unspecified atom stereocenters. The standard InChI is InChI=1S/C24H21ClF3N5O7S.ClH/c1-11-13(19-20(36)31(2)23(37)32(3)21(19)39-11)7-17(34)30-22-33(10-38-18(35)8-29)15(9-41-22)12-4-5-16(14(25)6-12)40-24(26,27)28;/h4-6,9H,7-8,10,29H2,1-3H3;1H/b30-22-;. The van der Waals surface area contributed by atoms with Crippen molar-refractivity contribution in [2.45, 2.75) is 26.4 Å². The van der Waals surface area contributed by atoms with Crippen LogP contribution in [0.3, 0.4) is 0 Å². The SMILES string of the molecule is Cc1oc2c(c1CC(=O)/N=c1\scc(-c3ccc(OC(F)(F)F)c(Cl)c3)n1COC(=O)CN)c(=O)n(C)c(=O)n2C.Cl. The molecular weight excluding hydrogens is 630 g/mol. The fourth-order valence-electron chi connectivity index (χ4n) is 3.93. The average Bonchev–Trinajstić information content (AvgIpc) is 3.45. The number of nitrogens with zero attached hydrogens (tertiary/aromatic N) is 4. The van der Waals surface area contributed by atoms with Crippen molar-refractivity contribution in [3.63, 3.8) is 0 Å². The first-order chi connectivity index (χ1) is 19.2. The van der Waals surface area contributed by atoms with Crippen LogP contribution in [0, 0.1) is 6.92 Å². The molecule has 12 nitrogen and oxygen atoms in total. The number of ether oxygens (including phenoxy) is 2. The average molecular weight is 652 g/mol. The van der Waals surface area contributed by atoms with Gasteiger partial charge in [-0.1, -0.05) is 11.6 Å². The molecule has 18 heteroatoms. The molecule has 3 heterocycles. The van der Waals surface area contributed by atoms with Crippen LogP contribution in [0.25, 0.3) is 22.4 Å². The summed E-state index contributed by atoms with van der Waals surface area (Å²) in [6.07, 6.45) is -5.31. The highest BCUT2D eigenvalue weighted by molar-refractivity contribution is 7.07. The molecule has 0 fully saturated rings. The summed E-state index contributed by atoms with van der Waals surface area (Å²) >= 11 is 6.97. The van der Waals surface area contributed by atoms with Crippen molar-refractivity contribution < 1.29 is 36.7 Å². The van der Waals surface area contributed by atoms with E-state index in [1.165, 1.54) is 43.1 Å². The predicted molar refractivity (Wildman–Crippen MR) is 148 cm³/mol. The summed E-state index contributed by atoms with van der Waals surface area (Å²) in [6, 6.07) is 3.52. The molecule has 0 saturated carbocycles. The van der Waals surface area contributed by atoms with Gasteiger partial charge >= 0.3 is 18.0 Å². The van der Waals surface area contributed by atoms with Crippen molar-refractivity contribution in [1.82, 2.24) is 13.7 Å². The number of aromatic nitrogens is 3. The number of carbonyl (C=O) groups is 2. The zero-order valence-electron chi connectivity index (χ0n) is 22.0. The monoisotopic (exact) mass is 651 g/mol. The molecule has 1 amide bonds. The van der Waals surface area contributed by atoms with Gasteiger partial charge < -0.3 is 19.6 Å². The van der Waals surface area contributed by atoms with E-state index in [0.29, 0.717) is 11.3 Å². The highest BCUT2D eigenvalue weighted by Gasteiger charge is 2.32. The smallest absolute Gasteiger partial charge is 0.444 e. The molecule has 3 aromatic heterocycles. The van der Waals surface area contributed by atoms with Gasteiger partial charge in [-0.3, -0.25) is 28.1 Å². The summed E-state index contributed by atoms with van der Waals surface area (Å²) in [6.45, 7) is 0.679. The third-order valence-electron chi connectivity index (χ3n) is 5.91. The van der Waals surface area contributed by atoms with Crippen LogP contribution in [-0.4, -0.2) is 38.5 Å². The Morgan fingerprint density at radius 3 is 2.50 bits per heavy atom. The maximum atomic E-state index is 13.1. The van der Waals surface area contributed by atoms with Crippen LogP contribution in [0.2, 0.25) is 5.02 Å². The zero-order chi connectivity index (χ0) is 30.2. The van der Waals surface area contributed by atoms with E-state index in [1.54, 1.807) is 0 Å². The van der Waals surface area contributed by atoms with E-state index >= 15 is 0 Å². The molecule has 4 rings (SSSR count). The van der Waals surface area contributed by atoms with Crippen molar-refractivity contribution in [2.75, 3.05) is 6.54 Å². The molecular formula is C24H22Cl2F3N5O7S. The minimum atomic E-state index is -4.95. The van der Waals surface area contributed by atoms with Crippen LogP contribution in [0.15, 0.2) is 42.6 Å². The first-order valence-electron chi connectivity index (χ1n) is 11.6. The molecule has 0 bridgehead atoms. The summed E-state index contributed by atoms with van der Waals surface area (Å²) in [5.41, 5.74) is 4.93. The lowest BCUT2D eigenvalue weighted by atomic mass is 10.1. The zero-order valence-corrected chi connectivity index (χ0v) is 24.4. The van der Waals surface area contributed by atoms with Crippen LogP contribution < -0.4 is 26.5 Å². The Morgan fingerprint density at radius 2 is 1.88 bits per heavy atom. The molecule has 0 aliphatic rings. The largest absolute Gasteiger partial charge is 0.573 e. The van der Waals surface area contributed by atoms with Crippen LogP contribution >= 0.6 is 35.3 Å². The number of hydrogen-bond donors (Lipinski definition) is 1. The molecule has 0 atom stereocenters. The van der Waals surface area contributed by atoms with E-state index in [2.05, 4.69) is 9.73 Å². The maximum Gasteiger partial charge on any atom is 0.573 e. The van der Waals surface area contributed by atoms with Crippen molar-refractivity contribution in [3.8, 4) is 17.0 Å². The number of hydrogen-bond acceptors (Lipinski definition) is 9. The minimum Gasteiger partial charge on any atom is -0.444 e. The molecule has 1 aromatic carbocycles. The Balaban J connectivity index is 0.00000484. The first kappa shape index (κ1) is 32.7. The van der Waals surface area contributed by atoms with Crippen molar-refractivity contribution in [2.24, 2.45) is 24.8 Å². The van der Waals surface area contributed by atoms with Gasteiger partial charge in [-0.15, -0.1) is 36.9 Å². The number of halogens is 5. The number of benzene rings is 1. The van der Waals surface area contributed by atoms with Crippen molar-refractivity contribution in [1.29, 1.82) is 0 Å². The molecule has 0 radical (unpaired) electrons. The number of thiazole rings is 1. The normalized spacial score (nSPS) is 12.0. The first-order valence-corrected chi connectivity index (χ1v) is 12.8. The Hall–Kier alpha value is -3.86. The van der Waals surface area contributed by atoms with Gasteiger partial charge in [0.05, 0.1) is 23.7 Å². The van der Waals surface area contributed by atoms with Gasteiger partial charge in [0.2, 0.25) is 5.71 Å². The Kier molecular flexibility index (Phi) is 9.77. The van der Waals surface area contributed by atoms with E-state index in [9.17, 15) is 32.3 Å². The van der Waals surface area contributed by atoms with Crippen molar-refractivity contribution >= 4 is 58.3 Å². The number of rotatable bonds is 7. The minimum absolute atomic E-state index is 0. The van der Waals surface area contributed by atoms with Gasteiger partial charge in [0.1, 0.15) is 16.9 Å². The van der Waals surface area contributed by atoms with Gasteiger partial charge in [0.15, 0.2) is 11.5 Å². The quantitative estimate of drug-likeness (QED) is 0.299. The third-order valence-corrected chi connectivity index (χ3v) is 7.07. The van der Waals surface area contributed by atoms with Gasteiger partial charge in [-0.2, -0.15) is 4.99 Å². The second-order valence-electron chi connectivity index (χ2n) is 8.58. The fraction of sp³-hybridized carbons (Fsp3) is 0.292. The lowest BCUT2D eigenvalue weighted by Crippen LogP contribution is -2.36. The number of nitrogens with two attached hydrogens (primary N) is 1. The Labute approximate surface area is 248 Å². The molecule has 2 N–H and O–H groups in total. The van der Waals surface area contributed by atoms with Crippen LogP contribution in [-0.2, 0) is 41.6 Å². The summed E-state index contributed by atoms with van der Waals surface area (Å²) in [5, 5.41) is 1.25. The van der Waals surface area contributed by atoms with E-state index < -0.39 is 48.5 Å². The third kappa shape index (κ3) is 6.61. The fourth-order valence-corrected chi connectivity index (χ4v) is 5.07. The second kappa shape index (κ2) is 12.6. The number of alkyl halides is 3. The molecule has 0 aliphatic heterocycles. The topological polar surface area (TPSA) is 153 Å². The second-order valence-corrected chi connectivity index (χ2v) is 9.82. The number of amides is 1. The number of carbonyl (C=O) groups excluding carboxylic acids is 2. The summed E-state index contributed by atoms with van der Waals surface area (Å²) < 4.78 is 55.9. The van der Waals surface area contributed by atoms with Crippen LogP contribution in [0.4, 0.5) is 13.2 Å². The Bertz CT molecular complexity index is 1870. The van der Waals surface area contributed by atoms with Gasteiger partial charge in [0, 0.05) is 30.6 Å². The summed E-state index contributed by atoms with van der Waals surface area (Å²) in [5.74, 6) is -1.84. The molecule has 0 spiro atoms. The number of furan rings is 1. The lowest BCUT2D eigenvalue weighted by molar-refractivity contribution is -0.274. The summed E-state index contributed by atoms with van der Waals surface area (Å²) in [4.78, 5) is 54.0. The summed E-state index contributed by atoms with van der Waals surface area (Å²) in [7, 11) is 2.73. The van der Waals surface area contributed by atoms with E-state index in [-0.39, 0.29) is 51.1 Å². The number of esters is 1.